The van der Waals surface area contributed by atoms with Gasteiger partial charge in [-0.05, 0) is 45.2 Å². The highest BCUT2D eigenvalue weighted by Crippen LogP contribution is 2.28. The van der Waals surface area contributed by atoms with Gasteiger partial charge in [-0.3, -0.25) is 4.79 Å². The molecule has 134 valence electrons. The standard InChI is InChI=1S/C20H32N2O2/c1-14(2)24-19(18(21)13-16-7-5-4-6-8-16)20(23)22-17-11-9-15(3)10-12-17/h9-12,14,16,18-19H,4-8,13,21H2,1-3H3,(H,22,23)/t18-,19?/m1/s1. The maximum atomic E-state index is 12.7. The lowest BCUT2D eigenvalue weighted by Crippen LogP contribution is -2.47. The van der Waals surface area contributed by atoms with Crippen molar-refractivity contribution in [3.63, 3.8) is 0 Å². The minimum Gasteiger partial charge on any atom is -0.364 e. The van der Waals surface area contributed by atoms with Gasteiger partial charge in [0.2, 0.25) is 0 Å². The summed E-state index contributed by atoms with van der Waals surface area (Å²) in [6, 6.07) is 7.52. The van der Waals surface area contributed by atoms with Crippen LogP contribution in [0.25, 0.3) is 0 Å². The Morgan fingerprint density at radius 2 is 1.83 bits per heavy atom. The van der Waals surface area contributed by atoms with Crippen LogP contribution in [-0.2, 0) is 9.53 Å². The third kappa shape index (κ3) is 5.91. The van der Waals surface area contributed by atoms with Gasteiger partial charge < -0.3 is 15.8 Å². The van der Waals surface area contributed by atoms with E-state index in [9.17, 15) is 4.79 Å². The van der Waals surface area contributed by atoms with E-state index in [1.165, 1.54) is 32.1 Å². The van der Waals surface area contributed by atoms with Gasteiger partial charge in [0.15, 0.2) is 6.10 Å². The van der Waals surface area contributed by atoms with Gasteiger partial charge in [-0.25, -0.2) is 0 Å². The van der Waals surface area contributed by atoms with E-state index in [0.29, 0.717) is 5.92 Å². The molecule has 1 aromatic carbocycles. The average Bonchev–Trinajstić information content (AvgIpc) is 2.55. The summed E-state index contributed by atoms with van der Waals surface area (Å²) < 4.78 is 5.87. The smallest absolute Gasteiger partial charge is 0.255 e. The monoisotopic (exact) mass is 332 g/mol. The van der Waals surface area contributed by atoms with Crippen molar-refractivity contribution in [2.75, 3.05) is 5.32 Å². The lowest BCUT2D eigenvalue weighted by molar-refractivity contribution is -0.132. The zero-order valence-corrected chi connectivity index (χ0v) is 15.3. The number of anilines is 1. The van der Waals surface area contributed by atoms with E-state index in [4.69, 9.17) is 10.5 Å². The van der Waals surface area contributed by atoms with Crippen molar-refractivity contribution in [2.45, 2.75) is 77.5 Å². The Hall–Kier alpha value is -1.39. The second kappa shape index (κ2) is 9.19. The third-order valence-corrected chi connectivity index (χ3v) is 4.72. The molecule has 24 heavy (non-hydrogen) atoms. The van der Waals surface area contributed by atoms with Crippen LogP contribution in [0, 0.1) is 12.8 Å². The molecule has 3 N–H and O–H groups in total. The van der Waals surface area contributed by atoms with Gasteiger partial charge in [0.05, 0.1) is 6.10 Å². The Bertz CT molecular complexity index is 507. The summed E-state index contributed by atoms with van der Waals surface area (Å²) in [6.45, 7) is 5.91. The van der Waals surface area contributed by atoms with E-state index in [1.807, 2.05) is 45.0 Å². The first-order valence-corrected chi connectivity index (χ1v) is 9.24. The number of aryl methyl sites for hydroxylation is 1. The Morgan fingerprint density at radius 3 is 2.42 bits per heavy atom. The normalized spacial score (nSPS) is 18.4. The molecule has 0 bridgehead atoms. The number of benzene rings is 1. The molecule has 4 nitrogen and oxygen atoms in total. The van der Waals surface area contributed by atoms with Gasteiger partial charge in [-0.15, -0.1) is 0 Å². The summed E-state index contributed by atoms with van der Waals surface area (Å²) in [5, 5.41) is 2.95. The van der Waals surface area contributed by atoms with Crippen LogP contribution in [0.5, 0.6) is 0 Å². The van der Waals surface area contributed by atoms with E-state index >= 15 is 0 Å². The van der Waals surface area contributed by atoms with Gasteiger partial charge in [0, 0.05) is 11.7 Å². The number of nitrogens with one attached hydrogen (secondary N) is 1. The van der Waals surface area contributed by atoms with E-state index in [0.717, 1.165) is 17.7 Å². The molecule has 1 amide bonds. The van der Waals surface area contributed by atoms with Crippen molar-refractivity contribution in [3.05, 3.63) is 29.8 Å². The number of nitrogens with two attached hydrogens (primary N) is 1. The van der Waals surface area contributed by atoms with Crippen LogP contribution >= 0.6 is 0 Å². The molecule has 0 aromatic heterocycles. The molecule has 0 radical (unpaired) electrons. The molecule has 0 spiro atoms. The zero-order valence-electron chi connectivity index (χ0n) is 15.3. The molecule has 0 aliphatic heterocycles. The summed E-state index contributed by atoms with van der Waals surface area (Å²) in [5.74, 6) is 0.482. The van der Waals surface area contributed by atoms with E-state index in [2.05, 4.69) is 5.32 Å². The van der Waals surface area contributed by atoms with Crippen molar-refractivity contribution >= 4 is 11.6 Å². The van der Waals surface area contributed by atoms with Gasteiger partial charge in [-0.2, -0.15) is 0 Å². The highest BCUT2D eigenvalue weighted by molar-refractivity contribution is 5.94. The molecule has 1 aliphatic rings. The van der Waals surface area contributed by atoms with Gasteiger partial charge >= 0.3 is 0 Å². The quantitative estimate of drug-likeness (QED) is 0.792. The molecule has 0 saturated heterocycles. The number of amides is 1. The third-order valence-electron chi connectivity index (χ3n) is 4.72. The van der Waals surface area contributed by atoms with Crippen LogP contribution in [0.1, 0.15) is 57.9 Å². The summed E-state index contributed by atoms with van der Waals surface area (Å²) in [4.78, 5) is 12.7. The summed E-state index contributed by atoms with van der Waals surface area (Å²) >= 11 is 0. The number of ether oxygens (including phenoxy) is 1. The van der Waals surface area contributed by atoms with Gasteiger partial charge in [0.25, 0.3) is 5.91 Å². The molecule has 0 heterocycles. The Morgan fingerprint density at radius 1 is 1.21 bits per heavy atom. The van der Waals surface area contributed by atoms with Gasteiger partial charge in [-0.1, -0.05) is 49.8 Å². The van der Waals surface area contributed by atoms with Crippen LogP contribution in [-0.4, -0.2) is 24.2 Å². The molecule has 1 aromatic rings. The maximum absolute atomic E-state index is 12.7. The highest BCUT2D eigenvalue weighted by Gasteiger charge is 2.30. The SMILES string of the molecule is Cc1ccc(NC(=O)C(OC(C)C)[C@H](N)CC2CCCCC2)cc1. The van der Waals surface area contributed by atoms with Crippen molar-refractivity contribution in [2.24, 2.45) is 11.7 Å². The van der Waals surface area contributed by atoms with Crippen molar-refractivity contribution < 1.29 is 9.53 Å². The van der Waals surface area contributed by atoms with Crippen molar-refractivity contribution in [1.29, 1.82) is 0 Å². The molecule has 1 fully saturated rings. The Balaban J connectivity index is 1.99. The number of hydrogen-bond donors (Lipinski definition) is 2. The minimum absolute atomic E-state index is 0.0313. The number of carbonyl (C=O) groups is 1. The van der Waals surface area contributed by atoms with Gasteiger partial charge in [0.1, 0.15) is 0 Å². The molecule has 1 unspecified atom stereocenters. The molecular weight excluding hydrogens is 300 g/mol. The van der Waals surface area contributed by atoms with Crippen LogP contribution in [0.4, 0.5) is 5.69 Å². The van der Waals surface area contributed by atoms with Crippen LogP contribution in [0.15, 0.2) is 24.3 Å². The summed E-state index contributed by atoms with van der Waals surface area (Å²) in [6.07, 6.45) is 6.56. The predicted molar refractivity (Wildman–Crippen MR) is 99.0 cm³/mol. The maximum Gasteiger partial charge on any atom is 0.255 e. The van der Waals surface area contributed by atoms with Crippen LogP contribution in [0.3, 0.4) is 0 Å². The lowest BCUT2D eigenvalue weighted by Gasteiger charge is -2.30. The average molecular weight is 332 g/mol. The Kier molecular flexibility index (Phi) is 7.25. The van der Waals surface area contributed by atoms with Crippen LogP contribution in [0.2, 0.25) is 0 Å². The number of rotatable bonds is 7. The summed E-state index contributed by atoms with van der Waals surface area (Å²) in [7, 11) is 0. The minimum atomic E-state index is -0.603. The highest BCUT2D eigenvalue weighted by atomic mass is 16.5. The predicted octanol–water partition coefficient (Wildman–Crippen LogP) is 4.02. The van der Waals surface area contributed by atoms with E-state index in [-0.39, 0.29) is 18.1 Å². The lowest BCUT2D eigenvalue weighted by atomic mass is 9.84. The first kappa shape index (κ1) is 18.9. The molecule has 1 aliphatic carbocycles. The second-order valence-corrected chi connectivity index (χ2v) is 7.36. The second-order valence-electron chi connectivity index (χ2n) is 7.36. The van der Waals surface area contributed by atoms with Crippen LogP contribution < -0.4 is 11.1 Å². The largest absolute Gasteiger partial charge is 0.364 e. The molecule has 4 heteroatoms. The van der Waals surface area contributed by atoms with E-state index < -0.39 is 6.10 Å². The molecule has 2 atom stereocenters. The first-order valence-electron chi connectivity index (χ1n) is 9.24. The molecular formula is C20H32N2O2. The fraction of sp³-hybridized carbons (Fsp3) is 0.650. The van der Waals surface area contributed by atoms with E-state index in [1.54, 1.807) is 0 Å². The topological polar surface area (TPSA) is 64.3 Å². The number of carbonyl (C=O) groups excluding carboxylic acids is 1. The Labute approximate surface area is 146 Å². The molecule has 2 rings (SSSR count). The van der Waals surface area contributed by atoms with Crippen molar-refractivity contribution in [3.8, 4) is 0 Å². The zero-order chi connectivity index (χ0) is 17.5. The first-order chi connectivity index (χ1) is 11.5. The molecule has 1 saturated carbocycles. The fourth-order valence-corrected chi connectivity index (χ4v) is 3.43. The summed E-state index contributed by atoms with van der Waals surface area (Å²) in [5.41, 5.74) is 8.34. The fourth-order valence-electron chi connectivity index (χ4n) is 3.43. The van der Waals surface area contributed by atoms with Crippen molar-refractivity contribution in [1.82, 2.24) is 0 Å². The number of hydrogen-bond acceptors (Lipinski definition) is 3.